The summed E-state index contributed by atoms with van der Waals surface area (Å²) in [6.45, 7) is 4.39. The standard InChI is InChI=1S/C29H36N6O4/c1-3-4-11-27-22(17-34(29(27)38)26(19-36)12-13-28(37)30-2)20-39-21-23-18-35(32-31-23)25-10-8-9-24(16-25)33-14-6-5-7-15-33/h3-4,8-11,16,18-20,26H,5-7,12-15,17,21H2,1-2H3,(H,30,37)/b4-3-,22-20+,27-11+. The predicted molar refractivity (Wildman–Crippen MR) is 148 cm³/mol. The highest BCUT2D eigenvalue weighted by atomic mass is 16.5. The molecule has 3 heterocycles. The molecule has 0 spiro atoms. The van der Waals surface area contributed by atoms with Gasteiger partial charge in [-0.3, -0.25) is 9.59 Å². The third-order valence-electron chi connectivity index (χ3n) is 6.95. The van der Waals surface area contributed by atoms with E-state index in [1.54, 1.807) is 30.1 Å². The summed E-state index contributed by atoms with van der Waals surface area (Å²) in [7, 11) is 1.54. The number of allylic oxidation sites excluding steroid dienone is 3. The minimum Gasteiger partial charge on any atom is -0.494 e. The number of ether oxygens (including phenoxy) is 1. The Bertz CT molecular complexity index is 1260. The molecule has 39 heavy (non-hydrogen) atoms. The molecule has 0 radical (unpaired) electrons. The van der Waals surface area contributed by atoms with Crippen LogP contribution in [0.4, 0.5) is 5.69 Å². The van der Waals surface area contributed by atoms with Gasteiger partial charge in [0.25, 0.3) is 5.91 Å². The van der Waals surface area contributed by atoms with Gasteiger partial charge >= 0.3 is 0 Å². The van der Waals surface area contributed by atoms with Gasteiger partial charge in [-0.1, -0.05) is 23.4 Å². The van der Waals surface area contributed by atoms with Crippen LogP contribution in [-0.2, 0) is 25.7 Å². The summed E-state index contributed by atoms with van der Waals surface area (Å²) in [5.74, 6) is -0.444. The normalized spacial score (nSPS) is 18.8. The summed E-state index contributed by atoms with van der Waals surface area (Å²) >= 11 is 0. The zero-order chi connectivity index (χ0) is 27.6. The van der Waals surface area contributed by atoms with Gasteiger partial charge in [0.2, 0.25) is 5.91 Å². The van der Waals surface area contributed by atoms with Gasteiger partial charge < -0.3 is 24.6 Å². The third-order valence-corrected chi connectivity index (χ3v) is 6.95. The van der Waals surface area contributed by atoms with Crippen LogP contribution in [0.5, 0.6) is 0 Å². The fourth-order valence-corrected chi connectivity index (χ4v) is 4.78. The Morgan fingerprint density at radius 1 is 1.21 bits per heavy atom. The SMILES string of the molecule is C\C=C/C=C1/C(=O)N(C(C=O)CCC(=O)NC)C/C1=C\OCc1cn(-c2cccc(N3CCCCC3)c2)nn1. The Morgan fingerprint density at radius 2 is 2.00 bits per heavy atom. The molecule has 2 amide bonds. The number of aldehydes is 1. The molecule has 1 aromatic heterocycles. The lowest BCUT2D eigenvalue weighted by molar-refractivity contribution is -0.131. The van der Waals surface area contributed by atoms with E-state index in [1.165, 1.54) is 29.8 Å². The summed E-state index contributed by atoms with van der Waals surface area (Å²) in [6.07, 6.45) is 13.5. The number of amides is 2. The van der Waals surface area contributed by atoms with Crippen LogP contribution in [0.2, 0.25) is 0 Å². The van der Waals surface area contributed by atoms with Gasteiger partial charge in [0, 0.05) is 43.4 Å². The van der Waals surface area contributed by atoms with Crippen molar-refractivity contribution in [1.29, 1.82) is 0 Å². The molecular formula is C29H36N6O4. The maximum atomic E-state index is 13.1. The number of carbonyl (C=O) groups excluding carboxylic acids is 3. The van der Waals surface area contributed by atoms with Crippen molar-refractivity contribution in [2.24, 2.45) is 0 Å². The van der Waals surface area contributed by atoms with E-state index in [-0.39, 0.29) is 37.8 Å². The number of rotatable bonds is 11. The zero-order valence-electron chi connectivity index (χ0n) is 22.6. The van der Waals surface area contributed by atoms with Crippen LogP contribution in [0.25, 0.3) is 5.69 Å². The van der Waals surface area contributed by atoms with Crippen molar-refractivity contribution in [2.75, 3.05) is 31.6 Å². The fraction of sp³-hybridized carbons (Fsp3) is 0.414. The summed E-state index contributed by atoms with van der Waals surface area (Å²) in [5, 5.41) is 11.1. The first-order valence-electron chi connectivity index (χ1n) is 13.4. The quantitative estimate of drug-likeness (QED) is 0.269. The molecule has 1 N–H and O–H groups in total. The van der Waals surface area contributed by atoms with Crippen molar-refractivity contribution < 1.29 is 19.1 Å². The van der Waals surface area contributed by atoms with E-state index >= 15 is 0 Å². The van der Waals surface area contributed by atoms with E-state index in [9.17, 15) is 14.4 Å². The molecule has 2 aliphatic rings. The summed E-state index contributed by atoms with van der Waals surface area (Å²) < 4.78 is 7.56. The molecule has 2 saturated heterocycles. The highest BCUT2D eigenvalue weighted by Crippen LogP contribution is 2.27. The molecular weight excluding hydrogens is 496 g/mol. The van der Waals surface area contributed by atoms with Gasteiger partial charge in [-0.25, -0.2) is 4.68 Å². The monoisotopic (exact) mass is 532 g/mol. The van der Waals surface area contributed by atoms with E-state index in [2.05, 4.69) is 32.7 Å². The van der Waals surface area contributed by atoms with Crippen molar-refractivity contribution in [3.05, 3.63) is 71.8 Å². The van der Waals surface area contributed by atoms with E-state index in [0.29, 0.717) is 16.8 Å². The number of aromatic nitrogens is 3. The Labute approximate surface area is 229 Å². The smallest absolute Gasteiger partial charge is 0.255 e. The number of carbonyl (C=O) groups is 3. The third kappa shape index (κ3) is 7.01. The van der Waals surface area contributed by atoms with Crippen LogP contribution in [0.3, 0.4) is 0 Å². The highest BCUT2D eigenvalue weighted by Gasteiger charge is 2.35. The average Bonchev–Trinajstić information content (AvgIpc) is 3.57. The molecule has 4 rings (SSSR count). The molecule has 0 aliphatic carbocycles. The number of hydrogen-bond acceptors (Lipinski definition) is 7. The van der Waals surface area contributed by atoms with Crippen LogP contribution >= 0.6 is 0 Å². The summed E-state index contributed by atoms with van der Waals surface area (Å²) in [4.78, 5) is 40.4. The molecule has 1 atom stereocenters. The Hall–Kier alpha value is -4.21. The average molecular weight is 533 g/mol. The molecule has 0 bridgehead atoms. The molecule has 1 aromatic carbocycles. The number of anilines is 1. The van der Waals surface area contributed by atoms with Gasteiger partial charge in [-0.05, 0) is 56.9 Å². The van der Waals surface area contributed by atoms with Crippen molar-refractivity contribution in [2.45, 2.75) is 51.7 Å². The predicted octanol–water partition coefficient (Wildman–Crippen LogP) is 3.10. The molecule has 10 nitrogen and oxygen atoms in total. The van der Waals surface area contributed by atoms with Crippen LogP contribution < -0.4 is 10.2 Å². The molecule has 10 heteroatoms. The molecule has 2 aromatic rings. The van der Waals surface area contributed by atoms with Crippen molar-refractivity contribution in [3.8, 4) is 5.69 Å². The van der Waals surface area contributed by atoms with E-state index in [4.69, 9.17) is 4.74 Å². The highest BCUT2D eigenvalue weighted by molar-refractivity contribution is 6.02. The lowest BCUT2D eigenvalue weighted by atomic mass is 10.1. The first-order valence-corrected chi connectivity index (χ1v) is 13.4. The largest absolute Gasteiger partial charge is 0.494 e. The lowest BCUT2D eigenvalue weighted by Crippen LogP contribution is -2.38. The first kappa shape index (κ1) is 27.8. The molecule has 2 aliphatic heterocycles. The Morgan fingerprint density at radius 3 is 2.74 bits per heavy atom. The maximum Gasteiger partial charge on any atom is 0.255 e. The number of benzene rings is 1. The minimum absolute atomic E-state index is 0.156. The lowest BCUT2D eigenvalue weighted by Gasteiger charge is -2.29. The van der Waals surface area contributed by atoms with Crippen LogP contribution in [0, 0.1) is 0 Å². The van der Waals surface area contributed by atoms with E-state index < -0.39 is 6.04 Å². The second-order valence-corrected chi connectivity index (χ2v) is 9.63. The molecule has 206 valence electrons. The van der Waals surface area contributed by atoms with Gasteiger partial charge in [0.1, 0.15) is 18.6 Å². The zero-order valence-corrected chi connectivity index (χ0v) is 22.6. The van der Waals surface area contributed by atoms with Crippen molar-refractivity contribution in [1.82, 2.24) is 25.2 Å². The number of nitrogens with one attached hydrogen (secondary N) is 1. The topological polar surface area (TPSA) is 110 Å². The summed E-state index contributed by atoms with van der Waals surface area (Å²) in [5.41, 5.74) is 3.88. The van der Waals surface area contributed by atoms with Crippen molar-refractivity contribution >= 4 is 23.8 Å². The van der Waals surface area contributed by atoms with Gasteiger partial charge in [0.05, 0.1) is 30.7 Å². The second kappa shape index (κ2) is 13.5. The van der Waals surface area contributed by atoms with Gasteiger partial charge in [-0.2, -0.15) is 0 Å². The number of hydrogen-bond donors (Lipinski definition) is 1. The van der Waals surface area contributed by atoms with Gasteiger partial charge in [0.15, 0.2) is 0 Å². The maximum absolute atomic E-state index is 13.1. The molecule has 1 unspecified atom stereocenters. The number of likely N-dealkylation sites (tertiary alicyclic amines) is 1. The number of nitrogens with zero attached hydrogens (tertiary/aromatic N) is 5. The fourth-order valence-electron chi connectivity index (χ4n) is 4.78. The van der Waals surface area contributed by atoms with E-state index in [1.807, 2.05) is 31.3 Å². The summed E-state index contributed by atoms with van der Waals surface area (Å²) in [6, 6.07) is 7.58. The minimum atomic E-state index is -0.699. The molecule has 2 fully saturated rings. The van der Waals surface area contributed by atoms with Crippen LogP contribution in [0.15, 0.2) is 66.1 Å². The Balaban J connectivity index is 1.43. The Kier molecular flexibility index (Phi) is 9.66. The number of piperidine rings is 1. The van der Waals surface area contributed by atoms with Crippen LogP contribution in [-0.4, -0.2) is 70.7 Å². The van der Waals surface area contributed by atoms with Crippen LogP contribution in [0.1, 0.15) is 44.7 Å². The molecule has 0 saturated carbocycles. The first-order chi connectivity index (χ1) is 19.0. The van der Waals surface area contributed by atoms with Gasteiger partial charge in [-0.15, -0.1) is 5.10 Å². The van der Waals surface area contributed by atoms with Crippen molar-refractivity contribution in [3.63, 3.8) is 0 Å². The second-order valence-electron chi connectivity index (χ2n) is 9.63. The van der Waals surface area contributed by atoms with E-state index in [0.717, 1.165) is 25.1 Å².